The molecule has 26 heavy (non-hydrogen) atoms. The third-order valence-electron chi connectivity index (χ3n) is 4.51. The zero-order chi connectivity index (χ0) is 19.3. The summed E-state index contributed by atoms with van der Waals surface area (Å²) in [4.78, 5) is 23.1. The maximum atomic E-state index is 12.1. The average Bonchev–Trinajstić information content (AvgIpc) is 3.22. The van der Waals surface area contributed by atoms with Crippen molar-refractivity contribution in [2.45, 2.75) is 58.9 Å². The number of rotatable bonds is 5. The molecule has 6 nitrogen and oxygen atoms in total. The number of hydrogen-bond donors (Lipinski definition) is 2. The summed E-state index contributed by atoms with van der Waals surface area (Å²) in [6, 6.07) is 0.260. The molecular weight excluding hydrogens is 346 g/mol. The Balaban J connectivity index is 1.77. The molecule has 0 aromatic carbocycles. The van der Waals surface area contributed by atoms with Gasteiger partial charge in [-0.3, -0.25) is 9.79 Å². The predicted octanol–water partition coefficient (Wildman–Crippen LogP) is 2.41. The lowest BCUT2D eigenvalue weighted by atomic mass is 9.93. The summed E-state index contributed by atoms with van der Waals surface area (Å²) in [7, 11) is 1.78. The molecule has 2 heterocycles. The summed E-state index contributed by atoms with van der Waals surface area (Å²) in [5.74, 6) is 1.08. The van der Waals surface area contributed by atoms with Gasteiger partial charge in [-0.1, -0.05) is 34.6 Å². The van der Waals surface area contributed by atoms with E-state index in [1.807, 2.05) is 18.7 Å². The highest BCUT2D eigenvalue weighted by Crippen LogP contribution is 2.23. The Bertz CT molecular complexity index is 632. The Morgan fingerprint density at radius 2 is 2.19 bits per heavy atom. The first-order valence-electron chi connectivity index (χ1n) is 9.41. The van der Waals surface area contributed by atoms with Crippen molar-refractivity contribution in [3.8, 4) is 0 Å². The molecule has 146 valence electrons. The minimum Gasteiger partial charge on any atom is -0.356 e. The predicted molar refractivity (Wildman–Crippen MR) is 109 cm³/mol. The first-order valence-corrected chi connectivity index (χ1v) is 10.3. The van der Waals surface area contributed by atoms with Gasteiger partial charge in [0.05, 0.1) is 10.7 Å². The van der Waals surface area contributed by atoms with Crippen LogP contribution in [-0.2, 0) is 16.6 Å². The van der Waals surface area contributed by atoms with Gasteiger partial charge in [0, 0.05) is 55.9 Å². The fraction of sp³-hybridized carbons (Fsp3) is 0.737. The van der Waals surface area contributed by atoms with E-state index in [0.29, 0.717) is 0 Å². The number of thiazole rings is 1. The van der Waals surface area contributed by atoms with E-state index in [-0.39, 0.29) is 23.3 Å². The van der Waals surface area contributed by atoms with Crippen LogP contribution in [-0.4, -0.2) is 54.5 Å². The minimum absolute atomic E-state index is 0.0578. The molecule has 2 rings (SSSR count). The molecule has 7 heteroatoms. The van der Waals surface area contributed by atoms with E-state index in [2.05, 4.69) is 41.8 Å². The third kappa shape index (κ3) is 5.69. The van der Waals surface area contributed by atoms with E-state index >= 15 is 0 Å². The molecule has 1 aromatic rings. The summed E-state index contributed by atoms with van der Waals surface area (Å²) in [6.45, 7) is 12.8. The Morgan fingerprint density at radius 3 is 2.77 bits per heavy atom. The highest BCUT2D eigenvalue weighted by molar-refractivity contribution is 7.09. The Morgan fingerprint density at radius 1 is 1.46 bits per heavy atom. The first kappa shape index (κ1) is 20.7. The molecule has 0 saturated carbocycles. The second-order valence-electron chi connectivity index (χ2n) is 8.19. The van der Waals surface area contributed by atoms with Crippen molar-refractivity contribution in [1.29, 1.82) is 0 Å². The molecule has 2 N–H and O–H groups in total. The van der Waals surface area contributed by atoms with E-state index in [9.17, 15) is 4.79 Å². The van der Waals surface area contributed by atoms with Crippen molar-refractivity contribution >= 4 is 23.2 Å². The molecule has 0 radical (unpaired) electrons. The van der Waals surface area contributed by atoms with Gasteiger partial charge < -0.3 is 15.5 Å². The van der Waals surface area contributed by atoms with Crippen LogP contribution < -0.4 is 10.6 Å². The van der Waals surface area contributed by atoms with Crippen LogP contribution in [0.15, 0.2) is 10.4 Å². The number of carbonyl (C=O) groups excluding carboxylic acids is 1. The first-order chi connectivity index (χ1) is 12.2. The lowest BCUT2D eigenvalue weighted by Gasteiger charge is -2.20. The molecule has 1 unspecified atom stereocenters. The quantitative estimate of drug-likeness (QED) is 0.609. The van der Waals surface area contributed by atoms with Crippen molar-refractivity contribution in [3.05, 3.63) is 16.1 Å². The van der Waals surface area contributed by atoms with Crippen LogP contribution in [0.3, 0.4) is 0 Å². The standard InChI is InChI=1S/C19H33N5OS/c1-13(2)17(25)24-10-8-14(11-24)22-18(20-6)21-9-7-16-23-15(12-26-16)19(3,4)5/h12-14H,7-11H2,1-6H3,(H2,20,21,22). The van der Waals surface area contributed by atoms with E-state index in [4.69, 9.17) is 4.98 Å². The number of likely N-dealkylation sites (tertiary alicyclic amines) is 1. The van der Waals surface area contributed by atoms with Crippen molar-refractivity contribution in [1.82, 2.24) is 20.5 Å². The average molecular weight is 380 g/mol. The fourth-order valence-electron chi connectivity index (χ4n) is 2.89. The summed E-state index contributed by atoms with van der Waals surface area (Å²) in [6.07, 6.45) is 1.84. The highest BCUT2D eigenvalue weighted by Gasteiger charge is 2.27. The Kier molecular flexibility index (Phi) is 7.03. The molecule has 1 saturated heterocycles. The number of carbonyl (C=O) groups is 1. The lowest BCUT2D eigenvalue weighted by Crippen LogP contribution is -2.45. The molecule has 1 atom stereocenters. The maximum Gasteiger partial charge on any atom is 0.225 e. The van der Waals surface area contributed by atoms with E-state index in [0.717, 1.165) is 49.1 Å². The molecule has 0 bridgehead atoms. The van der Waals surface area contributed by atoms with Crippen molar-refractivity contribution < 1.29 is 4.79 Å². The van der Waals surface area contributed by atoms with E-state index in [1.165, 1.54) is 0 Å². The molecule has 0 spiro atoms. The zero-order valence-corrected chi connectivity index (χ0v) is 17.7. The smallest absolute Gasteiger partial charge is 0.225 e. The molecule has 1 amide bonds. The molecular formula is C19H33N5OS. The van der Waals surface area contributed by atoms with Crippen LogP contribution in [0.2, 0.25) is 0 Å². The lowest BCUT2D eigenvalue weighted by molar-refractivity contribution is -0.133. The van der Waals surface area contributed by atoms with Crippen molar-refractivity contribution in [2.75, 3.05) is 26.7 Å². The highest BCUT2D eigenvalue weighted by atomic mass is 32.1. The van der Waals surface area contributed by atoms with Gasteiger partial charge in [0.15, 0.2) is 5.96 Å². The van der Waals surface area contributed by atoms with Gasteiger partial charge in [-0.2, -0.15) is 0 Å². The van der Waals surface area contributed by atoms with Crippen LogP contribution >= 0.6 is 11.3 Å². The van der Waals surface area contributed by atoms with Crippen molar-refractivity contribution in [3.63, 3.8) is 0 Å². The number of aromatic nitrogens is 1. The molecule has 1 aliphatic rings. The number of nitrogens with zero attached hydrogens (tertiary/aromatic N) is 3. The van der Waals surface area contributed by atoms with Gasteiger partial charge in [-0.15, -0.1) is 11.3 Å². The molecule has 1 fully saturated rings. The van der Waals surface area contributed by atoms with Gasteiger partial charge in [-0.25, -0.2) is 4.98 Å². The normalized spacial score (nSPS) is 18.5. The number of nitrogens with one attached hydrogen (secondary N) is 2. The maximum absolute atomic E-state index is 12.1. The molecule has 0 aliphatic carbocycles. The van der Waals surface area contributed by atoms with Gasteiger partial charge in [0.2, 0.25) is 5.91 Å². The molecule has 1 aromatic heterocycles. The number of hydrogen-bond acceptors (Lipinski definition) is 4. The SMILES string of the molecule is CN=C(NCCc1nc(C(C)(C)C)cs1)NC1CCN(C(=O)C(C)C)C1. The second-order valence-corrected chi connectivity index (χ2v) is 9.14. The van der Waals surface area contributed by atoms with Crippen LogP contribution in [0.25, 0.3) is 0 Å². The minimum atomic E-state index is 0.0578. The fourth-order valence-corrected chi connectivity index (χ4v) is 3.91. The van der Waals surface area contributed by atoms with Gasteiger partial charge in [0.25, 0.3) is 0 Å². The largest absolute Gasteiger partial charge is 0.356 e. The summed E-state index contributed by atoms with van der Waals surface area (Å²) in [5.41, 5.74) is 1.25. The zero-order valence-electron chi connectivity index (χ0n) is 16.9. The summed E-state index contributed by atoms with van der Waals surface area (Å²) < 4.78 is 0. The van der Waals surface area contributed by atoms with E-state index < -0.39 is 0 Å². The van der Waals surface area contributed by atoms with Crippen LogP contribution in [0, 0.1) is 5.92 Å². The van der Waals surface area contributed by atoms with Crippen molar-refractivity contribution in [2.24, 2.45) is 10.9 Å². The van der Waals surface area contributed by atoms with E-state index in [1.54, 1.807) is 18.4 Å². The summed E-state index contributed by atoms with van der Waals surface area (Å²) in [5, 5.41) is 10.1. The number of amides is 1. The van der Waals surface area contributed by atoms with Gasteiger partial charge >= 0.3 is 0 Å². The monoisotopic (exact) mass is 379 g/mol. The van der Waals surface area contributed by atoms with Gasteiger partial charge in [-0.05, 0) is 6.42 Å². The summed E-state index contributed by atoms with van der Waals surface area (Å²) >= 11 is 1.72. The Hall–Kier alpha value is -1.63. The second kappa shape index (κ2) is 8.84. The topological polar surface area (TPSA) is 69.6 Å². The van der Waals surface area contributed by atoms with Crippen LogP contribution in [0.5, 0.6) is 0 Å². The third-order valence-corrected chi connectivity index (χ3v) is 5.42. The van der Waals surface area contributed by atoms with Gasteiger partial charge in [0.1, 0.15) is 0 Å². The molecule has 1 aliphatic heterocycles. The van der Waals surface area contributed by atoms with Crippen LogP contribution in [0.4, 0.5) is 0 Å². The Labute approximate surface area is 161 Å². The number of guanidine groups is 1. The van der Waals surface area contributed by atoms with Crippen LogP contribution in [0.1, 0.15) is 51.7 Å². The number of aliphatic imine (C=N–C) groups is 1.